The second kappa shape index (κ2) is 9.26. The van der Waals surface area contributed by atoms with E-state index >= 15 is 0 Å². The number of anilines is 1. The van der Waals surface area contributed by atoms with E-state index in [2.05, 4.69) is 15.6 Å². The highest BCUT2D eigenvalue weighted by Gasteiger charge is 2.26. The van der Waals surface area contributed by atoms with Crippen LogP contribution in [0.25, 0.3) is 0 Å². The number of ether oxygens (including phenoxy) is 2. The highest BCUT2D eigenvalue weighted by molar-refractivity contribution is 7.15. The number of amides is 2. The summed E-state index contributed by atoms with van der Waals surface area (Å²) in [5.41, 5.74) is 1.45. The summed E-state index contributed by atoms with van der Waals surface area (Å²) in [6, 6.07) is 4.22. The van der Waals surface area contributed by atoms with Gasteiger partial charge in [0, 0.05) is 16.5 Å². The molecule has 8 heteroatoms. The molecule has 2 N–H and O–H groups in total. The second-order valence-corrected chi connectivity index (χ2v) is 8.47. The third kappa shape index (κ3) is 5.06. The lowest BCUT2D eigenvalue weighted by atomic mass is 10.0. The lowest BCUT2D eigenvalue weighted by Gasteiger charge is -2.21. The Kier molecular flexibility index (Phi) is 6.74. The summed E-state index contributed by atoms with van der Waals surface area (Å²) in [5, 5.41) is 6.32. The molecular weight excluding hydrogens is 390 g/mol. The first-order chi connectivity index (χ1) is 13.9. The van der Waals surface area contributed by atoms with Gasteiger partial charge < -0.3 is 20.1 Å². The summed E-state index contributed by atoms with van der Waals surface area (Å²) in [6.45, 7) is 3.78. The van der Waals surface area contributed by atoms with Crippen molar-refractivity contribution in [1.82, 2.24) is 10.3 Å². The van der Waals surface area contributed by atoms with Crippen LogP contribution < -0.4 is 20.1 Å². The predicted molar refractivity (Wildman–Crippen MR) is 113 cm³/mol. The SMILES string of the molecule is COc1cc(OC)cc(C(=O)N[C@H](C(=O)Nc2nc3c(s2)CCCC3)C(C)C)c1. The number of benzene rings is 1. The maximum absolute atomic E-state index is 12.9. The number of thiazole rings is 1. The highest BCUT2D eigenvalue weighted by Crippen LogP contribution is 2.29. The molecule has 1 aromatic heterocycles. The van der Waals surface area contributed by atoms with E-state index in [1.54, 1.807) is 18.2 Å². The van der Waals surface area contributed by atoms with Crippen molar-refractivity contribution < 1.29 is 19.1 Å². The Hall–Kier alpha value is -2.61. The molecule has 0 bridgehead atoms. The van der Waals surface area contributed by atoms with Gasteiger partial charge in [0.25, 0.3) is 5.91 Å². The molecule has 2 aromatic rings. The summed E-state index contributed by atoms with van der Waals surface area (Å²) in [5.74, 6) is 0.284. The number of nitrogens with zero attached hydrogens (tertiary/aromatic N) is 1. The number of carbonyl (C=O) groups excluding carboxylic acids is 2. The van der Waals surface area contributed by atoms with Crippen molar-refractivity contribution in [1.29, 1.82) is 0 Å². The maximum atomic E-state index is 12.9. The molecule has 2 amide bonds. The van der Waals surface area contributed by atoms with Gasteiger partial charge in [0.15, 0.2) is 5.13 Å². The summed E-state index contributed by atoms with van der Waals surface area (Å²) in [7, 11) is 3.04. The summed E-state index contributed by atoms with van der Waals surface area (Å²) < 4.78 is 10.4. The van der Waals surface area contributed by atoms with Gasteiger partial charge in [-0.1, -0.05) is 13.8 Å². The van der Waals surface area contributed by atoms with Crippen molar-refractivity contribution in [3.05, 3.63) is 34.3 Å². The van der Waals surface area contributed by atoms with Crippen molar-refractivity contribution in [2.45, 2.75) is 45.6 Å². The van der Waals surface area contributed by atoms with E-state index in [1.807, 2.05) is 13.8 Å². The van der Waals surface area contributed by atoms with Crippen LogP contribution in [0.5, 0.6) is 11.5 Å². The maximum Gasteiger partial charge on any atom is 0.252 e. The molecule has 0 spiro atoms. The molecule has 7 nitrogen and oxygen atoms in total. The van der Waals surface area contributed by atoms with Gasteiger partial charge in [0.2, 0.25) is 5.91 Å². The Morgan fingerprint density at radius 1 is 1.07 bits per heavy atom. The van der Waals surface area contributed by atoms with Gasteiger partial charge in [0.05, 0.1) is 19.9 Å². The van der Waals surface area contributed by atoms with Crippen molar-refractivity contribution in [3.8, 4) is 11.5 Å². The molecule has 0 unspecified atom stereocenters. The quantitative estimate of drug-likeness (QED) is 0.720. The number of hydrogen-bond acceptors (Lipinski definition) is 6. The van der Waals surface area contributed by atoms with Crippen LogP contribution in [0, 0.1) is 5.92 Å². The zero-order valence-electron chi connectivity index (χ0n) is 17.2. The first-order valence-corrected chi connectivity index (χ1v) is 10.6. The van der Waals surface area contributed by atoms with Crippen LogP contribution in [0.15, 0.2) is 18.2 Å². The van der Waals surface area contributed by atoms with E-state index in [0.717, 1.165) is 31.4 Å². The van der Waals surface area contributed by atoms with Crippen LogP contribution in [-0.2, 0) is 17.6 Å². The van der Waals surface area contributed by atoms with Gasteiger partial charge in [-0.25, -0.2) is 4.98 Å². The van der Waals surface area contributed by atoms with Gasteiger partial charge in [0.1, 0.15) is 17.5 Å². The summed E-state index contributed by atoms with van der Waals surface area (Å²) >= 11 is 1.53. The van der Waals surface area contributed by atoms with Gasteiger partial charge in [-0.3, -0.25) is 9.59 Å². The van der Waals surface area contributed by atoms with Gasteiger partial charge in [-0.15, -0.1) is 11.3 Å². The number of aromatic nitrogens is 1. The van der Waals surface area contributed by atoms with E-state index in [-0.39, 0.29) is 17.7 Å². The third-order valence-corrected chi connectivity index (χ3v) is 6.00. The van der Waals surface area contributed by atoms with Crippen LogP contribution in [0.3, 0.4) is 0 Å². The van der Waals surface area contributed by atoms with Crippen molar-refractivity contribution in [2.75, 3.05) is 19.5 Å². The molecule has 0 radical (unpaired) electrons. The molecule has 0 aliphatic heterocycles. The molecule has 1 aliphatic rings. The molecule has 0 fully saturated rings. The third-order valence-electron chi connectivity index (χ3n) is 4.93. The number of fused-ring (bicyclic) bond motifs is 1. The van der Waals surface area contributed by atoms with Gasteiger partial charge in [-0.05, 0) is 43.7 Å². The molecule has 156 valence electrons. The Morgan fingerprint density at radius 3 is 2.31 bits per heavy atom. The van der Waals surface area contributed by atoms with Crippen LogP contribution in [0.1, 0.15) is 47.6 Å². The molecular formula is C21H27N3O4S. The van der Waals surface area contributed by atoms with E-state index in [9.17, 15) is 9.59 Å². The summed E-state index contributed by atoms with van der Waals surface area (Å²) in [6.07, 6.45) is 4.28. The first kappa shape index (κ1) is 21.1. The van der Waals surface area contributed by atoms with E-state index in [4.69, 9.17) is 9.47 Å². The molecule has 1 aliphatic carbocycles. The minimum Gasteiger partial charge on any atom is -0.497 e. The second-order valence-electron chi connectivity index (χ2n) is 7.38. The smallest absolute Gasteiger partial charge is 0.252 e. The number of aryl methyl sites for hydroxylation is 2. The van der Waals surface area contributed by atoms with Gasteiger partial charge in [-0.2, -0.15) is 0 Å². The van der Waals surface area contributed by atoms with E-state index < -0.39 is 6.04 Å². The number of nitrogens with one attached hydrogen (secondary N) is 2. The van der Waals surface area contributed by atoms with Crippen LogP contribution in [0.2, 0.25) is 0 Å². The van der Waals surface area contributed by atoms with E-state index in [0.29, 0.717) is 22.2 Å². The fourth-order valence-electron chi connectivity index (χ4n) is 3.29. The topological polar surface area (TPSA) is 89.5 Å². The Morgan fingerprint density at radius 2 is 1.72 bits per heavy atom. The van der Waals surface area contributed by atoms with Crippen LogP contribution in [0.4, 0.5) is 5.13 Å². The fourth-order valence-corrected chi connectivity index (χ4v) is 4.34. The Bertz CT molecular complexity index is 848. The molecule has 29 heavy (non-hydrogen) atoms. The normalized spacial score (nSPS) is 14.1. The Labute approximate surface area is 174 Å². The standard InChI is InChI=1S/C21H27N3O4S/c1-12(2)18(20(26)24-21-22-16-7-5-6-8-17(16)29-21)23-19(25)13-9-14(27-3)11-15(10-13)28-4/h9-12,18H,5-8H2,1-4H3,(H,23,25)(H,22,24,26)/t18-/m0/s1. The minimum atomic E-state index is -0.694. The number of rotatable bonds is 7. The van der Waals surface area contributed by atoms with E-state index in [1.165, 1.54) is 30.4 Å². The predicted octanol–water partition coefficient (Wildman–Crippen LogP) is 3.43. The minimum absolute atomic E-state index is 0.0963. The monoisotopic (exact) mass is 417 g/mol. The van der Waals surface area contributed by atoms with Crippen LogP contribution >= 0.6 is 11.3 Å². The summed E-state index contributed by atoms with van der Waals surface area (Å²) in [4.78, 5) is 31.5. The van der Waals surface area contributed by atoms with Crippen LogP contribution in [-0.4, -0.2) is 37.1 Å². The number of carbonyl (C=O) groups is 2. The highest BCUT2D eigenvalue weighted by atomic mass is 32.1. The van der Waals surface area contributed by atoms with Crippen molar-refractivity contribution in [3.63, 3.8) is 0 Å². The number of methoxy groups -OCH3 is 2. The fraction of sp³-hybridized carbons (Fsp3) is 0.476. The lowest BCUT2D eigenvalue weighted by molar-refractivity contribution is -0.118. The largest absolute Gasteiger partial charge is 0.497 e. The molecule has 1 atom stereocenters. The zero-order chi connectivity index (χ0) is 21.0. The number of hydrogen-bond donors (Lipinski definition) is 2. The molecule has 1 aromatic carbocycles. The molecule has 0 saturated heterocycles. The molecule has 0 saturated carbocycles. The zero-order valence-corrected chi connectivity index (χ0v) is 18.0. The molecule has 1 heterocycles. The van der Waals surface area contributed by atoms with Gasteiger partial charge >= 0.3 is 0 Å². The first-order valence-electron chi connectivity index (χ1n) is 9.74. The van der Waals surface area contributed by atoms with Crippen molar-refractivity contribution in [2.24, 2.45) is 5.92 Å². The lowest BCUT2D eigenvalue weighted by Crippen LogP contribution is -2.47. The molecule has 3 rings (SSSR count). The van der Waals surface area contributed by atoms with Crippen molar-refractivity contribution >= 4 is 28.3 Å². The Balaban J connectivity index is 1.73. The average molecular weight is 418 g/mol. The average Bonchev–Trinajstić information content (AvgIpc) is 3.13.